The highest BCUT2D eigenvalue weighted by atomic mass is 16.2. The Morgan fingerprint density at radius 2 is 1.74 bits per heavy atom. The van der Waals surface area contributed by atoms with Crippen LogP contribution in [0.2, 0.25) is 0 Å². The molecule has 0 spiro atoms. The molecule has 2 aliphatic rings. The summed E-state index contributed by atoms with van der Waals surface area (Å²) < 4.78 is 0. The summed E-state index contributed by atoms with van der Waals surface area (Å²) in [5, 5.41) is 6.12. The van der Waals surface area contributed by atoms with E-state index in [4.69, 9.17) is 0 Å². The van der Waals surface area contributed by atoms with Crippen molar-refractivity contribution < 1.29 is 9.59 Å². The van der Waals surface area contributed by atoms with E-state index in [9.17, 15) is 9.59 Å². The third-order valence-corrected chi connectivity index (χ3v) is 5.37. The van der Waals surface area contributed by atoms with Gasteiger partial charge in [-0.15, -0.1) is 0 Å². The number of benzene rings is 1. The highest BCUT2D eigenvalue weighted by molar-refractivity contribution is 5.91. The predicted octanol–water partition coefficient (Wildman–Crippen LogP) is 3.52. The molecule has 0 aliphatic heterocycles. The molecule has 2 saturated carbocycles. The SMILES string of the molecule is CCC(=O)Nc1ccc(C2(C(=O)NC3CCCC3)CCC2)cc1. The average molecular weight is 314 g/mol. The zero-order chi connectivity index (χ0) is 16.3. The third-order valence-electron chi connectivity index (χ3n) is 5.37. The summed E-state index contributed by atoms with van der Waals surface area (Å²) in [4.78, 5) is 24.3. The van der Waals surface area contributed by atoms with Crippen molar-refractivity contribution in [2.45, 2.75) is 69.7 Å². The Morgan fingerprint density at radius 3 is 2.26 bits per heavy atom. The Bertz CT molecular complexity index is 570. The first kappa shape index (κ1) is 16.0. The number of nitrogens with one attached hydrogen (secondary N) is 2. The van der Waals surface area contributed by atoms with E-state index in [-0.39, 0.29) is 17.2 Å². The fourth-order valence-corrected chi connectivity index (χ4v) is 3.69. The molecule has 0 unspecified atom stereocenters. The lowest BCUT2D eigenvalue weighted by Crippen LogP contribution is -2.51. The van der Waals surface area contributed by atoms with Crippen LogP contribution in [0.1, 0.15) is 63.9 Å². The number of hydrogen-bond acceptors (Lipinski definition) is 2. The first-order chi connectivity index (χ1) is 11.1. The Morgan fingerprint density at radius 1 is 1.09 bits per heavy atom. The molecule has 0 atom stereocenters. The number of rotatable bonds is 5. The standard InChI is InChI=1S/C19H26N2O2/c1-2-17(22)20-16-10-8-14(9-11-16)19(12-5-13-19)18(23)21-15-6-3-4-7-15/h8-11,15H,2-7,12-13H2,1H3,(H,20,22)(H,21,23). The van der Waals surface area contributed by atoms with Gasteiger partial charge in [-0.1, -0.05) is 38.3 Å². The first-order valence-electron chi connectivity index (χ1n) is 8.85. The minimum Gasteiger partial charge on any atom is -0.353 e. The van der Waals surface area contributed by atoms with Gasteiger partial charge in [0.05, 0.1) is 5.41 Å². The fourth-order valence-electron chi connectivity index (χ4n) is 3.69. The number of anilines is 1. The van der Waals surface area contributed by atoms with Crippen LogP contribution in [0.4, 0.5) is 5.69 Å². The van der Waals surface area contributed by atoms with E-state index in [1.54, 1.807) is 0 Å². The number of carbonyl (C=O) groups is 2. The van der Waals surface area contributed by atoms with Crippen LogP contribution < -0.4 is 10.6 Å². The summed E-state index contributed by atoms with van der Waals surface area (Å²) in [5.74, 6) is 0.205. The molecule has 2 fully saturated rings. The van der Waals surface area contributed by atoms with Gasteiger partial charge in [0.1, 0.15) is 0 Å². The van der Waals surface area contributed by atoms with Crippen molar-refractivity contribution in [1.82, 2.24) is 5.32 Å². The van der Waals surface area contributed by atoms with Gasteiger partial charge in [-0.2, -0.15) is 0 Å². The van der Waals surface area contributed by atoms with Crippen LogP contribution in [0, 0.1) is 0 Å². The van der Waals surface area contributed by atoms with E-state index in [1.807, 2.05) is 31.2 Å². The van der Waals surface area contributed by atoms with Crippen molar-refractivity contribution in [3.05, 3.63) is 29.8 Å². The molecule has 124 valence electrons. The van der Waals surface area contributed by atoms with E-state index in [2.05, 4.69) is 10.6 Å². The molecule has 0 heterocycles. The number of carbonyl (C=O) groups excluding carboxylic acids is 2. The first-order valence-corrected chi connectivity index (χ1v) is 8.85. The van der Waals surface area contributed by atoms with Gasteiger partial charge in [-0.25, -0.2) is 0 Å². The Hall–Kier alpha value is -1.84. The zero-order valence-electron chi connectivity index (χ0n) is 13.9. The van der Waals surface area contributed by atoms with Gasteiger partial charge in [0, 0.05) is 18.2 Å². The van der Waals surface area contributed by atoms with Crippen LogP contribution in [0.3, 0.4) is 0 Å². The summed E-state index contributed by atoms with van der Waals surface area (Å²) >= 11 is 0. The largest absolute Gasteiger partial charge is 0.353 e. The van der Waals surface area contributed by atoms with Crippen LogP contribution >= 0.6 is 0 Å². The molecule has 2 N–H and O–H groups in total. The minimum absolute atomic E-state index is 0.00934. The highest BCUT2D eigenvalue weighted by Gasteiger charge is 2.46. The van der Waals surface area contributed by atoms with Crippen LogP contribution in [-0.4, -0.2) is 17.9 Å². The van der Waals surface area contributed by atoms with Gasteiger partial charge in [0.2, 0.25) is 11.8 Å². The molecule has 0 saturated heterocycles. The maximum absolute atomic E-state index is 12.8. The van der Waals surface area contributed by atoms with E-state index < -0.39 is 0 Å². The average Bonchev–Trinajstić information content (AvgIpc) is 3.00. The molecule has 4 heteroatoms. The van der Waals surface area contributed by atoms with Crippen LogP contribution in [0.15, 0.2) is 24.3 Å². The zero-order valence-corrected chi connectivity index (χ0v) is 13.9. The molecule has 23 heavy (non-hydrogen) atoms. The fraction of sp³-hybridized carbons (Fsp3) is 0.579. The lowest BCUT2D eigenvalue weighted by Gasteiger charge is -2.41. The quantitative estimate of drug-likeness (QED) is 0.873. The van der Waals surface area contributed by atoms with Gasteiger partial charge >= 0.3 is 0 Å². The Labute approximate surface area is 138 Å². The molecule has 0 aromatic heterocycles. The molecule has 0 bridgehead atoms. The van der Waals surface area contributed by atoms with Gasteiger partial charge in [0.15, 0.2) is 0 Å². The van der Waals surface area contributed by atoms with Crippen molar-refractivity contribution in [1.29, 1.82) is 0 Å². The van der Waals surface area contributed by atoms with E-state index in [0.29, 0.717) is 12.5 Å². The third kappa shape index (κ3) is 3.26. The van der Waals surface area contributed by atoms with Gasteiger partial charge < -0.3 is 10.6 Å². The lowest BCUT2D eigenvalue weighted by molar-refractivity contribution is -0.130. The topological polar surface area (TPSA) is 58.2 Å². The van der Waals surface area contributed by atoms with E-state index in [0.717, 1.165) is 43.4 Å². The molecule has 2 amide bonds. The molecule has 2 aliphatic carbocycles. The maximum atomic E-state index is 12.8. The summed E-state index contributed by atoms with van der Waals surface area (Å²) in [6.45, 7) is 1.83. The van der Waals surface area contributed by atoms with Crippen molar-refractivity contribution in [2.75, 3.05) is 5.32 Å². The molecule has 3 rings (SSSR count). The normalized spacial score (nSPS) is 19.9. The smallest absolute Gasteiger partial charge is 0.230 e. The summed E-state index contributed by atoms with van der Waals surface area (Å²) in [6, 6.07) is 8.18. The lowest BCUT2D eigenvalue weighted by atomic mass is 9.63. The monoisotopic (exact) mass is 314 g/mol. The predicted molar refractivity (Wildman–Crippen MR) is 91.3 cm³/mol. The summed E-state index contributed by atoms with van der Waals surface area (Å²) in [7, 11) is 0. The Balaban J connectivity index is 1.71. The van der Waals surface area contributed by atoms with Gasteiger partial charge in [-0.05, 0) is 43.4 Å². The van der Waals surface area contributed by atoms with Crippen LogP contribution in [-0.2, 0) is 15.0 Å². The summed E-state index contributed by atoms with van der Waals surface area (Å²) in [5.41, 5.74) is 1.52. The van der Waals surface area contributed by atoms with Gasteiger partial charge in [-0.3, -0.25) is 9.59 Å². The van der Waals surface area contributed by atoms with E-state index >= 15 is 0 Å². The number of hydrogen-bond donors (Lipinski definition) is 2. The maximum Gasteiger partial charge on any atom is 0.230 e. The highest BCUT2D eigenvalue weighted by Crippen LogP contribution is 2.44. The van der Waals surface area contributed by atoms with Gasteiger partial charge in [0.25, 0.3) is 0 Å². The second-order valence-corrected chi connectivity index (χ2v) is 6.87. The Kier molecular flexibility index (Phi) is 4.69. The second-order valence-electron chi connectivity index (χ2n) is 6.87. The van der Waals surface area contributed by atoms with Crippen molar-refractivity contribution in [3.63, 3.8) is 0 Å². The van der Waals surface area contributed by atoms with Crippen molar-refractivity contribution in [2.24, 2.45) is 0 Å². The molecule has 1 aromatic rings. The van der Waals surface area contributed by atoms with Crippen LogP contribution in [0.25, 0.3) is 0 Å². The molecule has 1 aromatic carbocycles. The molecular formula is C19H26N2O2. The van der Waals surface area contributed by atoms with Crippen molar-refractivity contribution >= 4 is 17.5 Å². The number of amides is 2. The molecule has 0 radical (unpaired) electrons. The second kappa shape index (κ2) is 6.73. The molecular weight excluding hydrogens is 288 g/mol. The molecule has 4 nitrogen and oxygen atoms in total. The van der Waals surface area contributed by atoms with E-state index in [1.165, 1.54) is 12.8 Å². The van der Waals surface area contributed by atoms with Crippen molar-refractivity contribution in [3.8, 4) is 0 Å². The minimum atomic E-state index is -0.351. The summed E-state index contributed by atoms with van der Waals surface area (Å²) in [6.07, 6.45) is 8.10. The van der Waals surface area contributed by atoms with Crippen LogP contribution in [0.5, 0.6) is 0 Å².